The summed E-state index contributed by atoms with van der Waals surface area (Å²) in [5.74, 6) is -1.79. The second-order valence-corrected chi connectivity index (χ2v) is 7.51. The van der Waals surface area contributed by atoms with Crippen LogP contribution in [0.2, 0.25) is 0 Å². The number of aliphatic hydroxyl groups is 2. The van der Waals surface area contributed by atoms with Crippen LogP contribution >= 0.6 is 0 Å². The van der Waals surface area contributed by atoms with Gasteiger partial charge in [-0.1, -0.05) is 18.7 Å². The first-order valence-electron chi connectivity index (χ1n) is 9.52. The van der Waals surface area contributed by atoms with Crippen molar-refractivity contribution >= 4 is 17.9 Å². The molecule has 0 aromatic heterocycles. The molecule has 0 amide bonds. The monoisotopic (exact) mass is 410 g/mol. The van der Waals surface area contributed by atoms with Gasteiger partial charge in [-0.25, -0.2) is 14.4 Å². The summed E-state index contributed by atoms with van der Waals surface area (Å²) in [6.45, 7) is 3.25. The fraction of sp³-hybridized carbons (Fsp3) is 0.571. The number of carboxylic acids is 1. The van der Waals surface area contributed by atoms with Gasteiger partial charge in [-0.05, 0) is 44.4 Å². The summed E-state index contributed by atoms with van der Waals surface area (Å²) in [5.41, 5.74) is -1.11. The van der Waals surface area contributed by atoms with Crippen LogP contribution in [0.15, 0.2) is 36.5 Å². The number of carboxylic acid groups (broad SMARTS) is 1. The van der Waals surface area contributed by atoms with Crippen LogP contribution in [0.5, 0.6) is 0 Å². The van der Waals surface area contributed by atoms with E-state index >= 15 is 0 Å². The standard InChI is InChI=1S/C21H30O8/c1-15(2)20(27)29-14-21(11-22,12-23)13-28-19(26)10-8-17-5-3-16(4-6-17)7-9-18(24)25/h7-10,16-17,22-23H,1,3-6,11-14H2,2H3,(H,24,25). The van der Waals surface area contributed by atoms with E-state index in [0.29, 0.717) is 0 Å². The van der Waals surface area contributed by atoms with Crippen molar-refractivity contribution in [2.75, 3.05) is 26.4 Å². The number of esters is 2. The van der Waals surface area contributed by atoms with Gasteiger partial charge in [0.15, 0.2) is 0 Å². The summed E-state index contributed by atoms with van der Waals surface area (Å²) < 4.78 is 10.1. The Hall–Kier alpha value is -2.45. The molecule has 0 unspecified atom stereocenters. The lowest BCUT2D eigenvalue weighted by Crippen LogP contribution is -2.41. The van der Waals surface area contributed by atoms with Crippen molar-refractivity contribution in [1.29, 1.82) is 0 Å². The minimum Gasteiger partial charge on any atom is -0.478 e. The van der Waals surface area contributed by atoms with Crippen molar-refractivity contribution in [2.45, 2.75) is 32.6 Å². The number of hydrogen-bond acceptors (Lipinski definition) is 7. The molecule has 0 aromatic carbocycles. The Kier molecular flexibility index (Phi) is 10.3. The first-order chi connectivity index (χ1) is 13.7. The number of carbonyl (C=O) groups excluding carboxylic acids is 2. The number of ether oxygens (including phenoxy) is 2. The van der Waals surface area contributed by atoms with Crippen molar-refractivity contribution < 1.29 is 39.2 Å². The lowest BCUT2D eigenvalue weighted by Gasteiger charge is -2.28. The van der Waals surface area contributed by atoms with Gasteiger partial charge in [0, 0.05) is 17.7 Å². The van der Waals surface area contributed by atoms with Crippen LogP contribution in [0.1, 0.15) is 32.6 Å². The summed E-state index contributed by atoms with van der Waals surface area (Å²) in [4.78, 5) is 34.0. The zero-order valence-corrected chi connectivity index (χ0v) is 16.7. The van der Waals surface area contributed by atoms with Gasteiger partial charge in [0.1, 0.15) is 13.2 Å². The van der Waals surface area contributed by atoms with E-state index in [-0.39, 0.29) is 30.6 Å². The number of aliphatic carboxylic acids is 1. The zero-order chi connectivity index (χ0) is 21.9. The first-order valence-corrected chi connectivity index (χ1v) is 9.52. The summed E-state index contributed by atoms with van der Waals surface area (Å²) in [6.07, 6.45) is 9.33. The average molecular weight is 410 g/mol. The third-order valence-electron chi connectivity index (χ3n) is 4.88. The molecule has 8 heteroatoms. The van der Waals surface area contributed by atoms with Gasteiger partial charge in [0.2, 0.25) is 0 Å². The SMILES string of the molecule is C=C(C)C(=O)OCC(CO)(CO)COC(=O)C=CC1CCC(C=CC(=O)O)CC1. The van der Waals surface area contributed by atoms with Gasteiger partial charge in [-0.15, -0.1) is 0 Å². The minimum absolute atomic E-state index is 0.183. The van der Waals surface area contributed by atoms with E-state index in [1.165, 1.54) is 19.1 Å². The summed E-state index contributed by atoms with van der Waals surface area (Å²) in [5, 5.41) is 27.8. The third kappa shape index (κ3) is 9.06. The number of hydrogen-bond donors (Lipinski definition) is 3. The Morgan fingerprint density at radius 1 is 0.966 bits per heavy atom. The predicted molar refractivity (Wildman–Crippen MR) is 105 cm³/mol. The van der Waals surface area contributed by atoms with Gasteiger partial charge < -0.3 is 24.8 Å². The van der Waals surface area contributed by atoms with E-state index in [1.54, 1.807) is 12.2 Å². The van der Waals surface area contributed by atoms with Gasteiger partial charge in [-0.3, -0.25) is 0 Å². The Morgan fingerprint density at radius 2 is 1.45 bits per heavy atom. The molecule has 1 rings (SSSR count). The molecule has 1 fully saturated rings. The molecule has 0 saturated heterocycles. The average Bonchev–Trinajstić information content (AvgIpc) is 2.71. The molecule has 162 valence electrons. The van der Waals surface area contributed by atoms with Crippen LogP contribution < -0.4 is 0 Å². The van der Waals surface area contributed by atoms with Gasteiger partial charge in [0.25, 0.3) is 0 Å². The lowest BCUT2D eigenvalue weighted by molar-refractivity contribution is -0.153. The van der Waals surface area contributed by atoms with E-state index in [9.17, 15) is 24.6 Å². The molecule has 0 bridgehead atoms. The number of allylic oxidation sites excluding steroid dienone is 2. The highest BCUT2D eigenvalue weighted by atomic mass is 16.5. The van der Waals surface area contributed by atoms with E-state index in [0.717, 1.165) is 25.7 Å². The van der Waals surface area contributed by atoms with Crippen molar-refractivity contribution in [1.82, 2.24) is 0 Å². The molecule has 0 spiro atoms. The second kappa shape index (κ2) is 12.2. The smallest absolute Gasteiger partial charge is 0.333 e. The zero-order valence-electron chi connectivity index (χ0n) is 16.7. The van der Waals surface area contributed by atoms with Crippen LogP contribution in [-0.4, -0.2) is 59.7 Å². The van der Waals surface area contributed by atoms with Crippen molar-refractivity contribution in [3.05, 3.63) is 36.5 Å². The molecule has 0 aliphatic heterocycles. The lowest BCUT2D eigenvalue weighted by atomic mass is 9.82. The highest BCUT2D eigenvalue weighted by molar-refractivity contribution is 5.87. The van der Waals surface area contributed by atoms with E-state index in [4.69, 9.17) is 14.6 Å². The maximum absolute atomic E-state index is 12.0. The van der Waals surface area contributed by atoms with Crippen LogP contribution in [-0.2, 0) is 23.9 Å². The molecule has 1 aliphatic carbocycles. The Bertz CT molecular complexity index is 637. The van der Waals surface area contributed by atoms with Crippen molar-refractivity contribution in [3.8, 4) is 0 Å². The van der Waals surface area contributed by atoms with Gasteiger partial charge in [0.05, 0.1) is 18.6 Å². The minimum atomic E-state index is -1.29. The molecule has 1 saturated carbocycles. The number of aliphatic hydroxyl groups excluding tert-OH is 2. The summed E-state index contributed by atoms with van der Waals surface area (Å²) in [7, 11) is 0. The van der Waals surface area contributed by atoms with E-state index in [1.807, 2.05) is 0 Å². The normalized spacial score (nSPS) is 20.0. The highest BCUT2D eigenvalue weighted by Gasteiger charge is 2.33. The molecule has 0 radical (unpaired) electrons. The van der Waals surface area contributed by atoms with Crippen LogP contribution in [0.25, 0.3) is 0 Å². The third-order valence-corrected chi connectivity index (χ3v) is 4.88. The van der Waals surface area contributed by atoms with E-state index < -0.39 is 36.5 Å². The number of rotatable bonds is 11. The predicted octanol–water partition coefficient (Wildman–Crippen LogP) is 1.62. The molecule has 29 heavy (non-hydrogen) atoms. The van der Waals surface area contributed by atoms with Crippen molar-refractivity contribution in [2.24, 2.45) is 17.3 Å². The quantitative estimate of drug-likeness (QED) is 0.346. The van der Waals surface area contributed by atoms with Crippen molar-refractivity contribution in [3.63, 3.8) is 0 Å². The topological polar surface area (TPSA) is 130 Å². The molecule has 8 nitrogen and oxygen atoms in total. The maximum Gasteiger partial charge on any atom is 0.333 e. The molecule has 0 heterocycles. The number of carbonyl (C=O) groups is 3. The first kappa shape index (κ1) is 24.6. The summed E-state index contributed by atoms with van der Waals surface area (Å²) >= 11 is 0. The Labute approximate surface area is 170 Å². The maximum atomic E-state index is 12.0. The molecular formula is C21H30O8. The largest absolute Gasteiger partial charge is 0.478 e. The Morgan fingerprint density at radius 3 is 1.90 bits per heavy atom. The molecule has 1 aliphatic rings. The Balaban J connectivity index is 2.47. The molecule has 3 N–H and O–H groups in total. The fourth-order valence-electron chi connectivity index (χ4n) is 2.85. The van der Waals surface area contributed by atoms with Crippen LogP contribution in [0.3, 0.4) is 0 Å². The molecular weight excluding hydrogens is 380 g/mol. The van der Waals surface area contributed by atoms with Crippen LogP contribution in [0, 0.1) is 17.3 Å². The summed E-state index contributed by atoms with van der Waals surface area (Å²) in [6, 6.07) is 0. The highest BCUT2D eigenvalue weighted by Crippen LogP contribution is 2.30. The fourth-order valence-corrected chi connectivity index (χ4v) is 2.85. The van der Waals surface area contributed by atoms with Gasteiger partial charge in [-0.2, -0.15) is 0 Å². The molecule has 0 aromatic rings. The van der Waals surface area contributed by atoms with Gasteiger partial charge >= 0.3 is 17.9 Å². The van der Waals surface area contributed by atoms with E-state index in [2.05, 4.69) is 6.58 Å². The second-order valence-electron chi connectivity index (χ2n) is 7.51. The van der Waals surface area contributed by atoms with Crippen LogP contribution in [0.4, 0.5) is 0 Å². The molecule has 0 atom stereocenters.